The standard InChI is InChI=1S/C18H16N4O4/c1-11-4-3-9-22-16(11)19-14(10-15(23)26-2)17(22)21-20-13-7-5-12(6-8-13)18(24)25/h3-9H,10H2,1-2H3,(H,24,25). The molecule has 3 rings (SSSR count). The van der Waals surface area contributed by atoms with Gasteiger partial charge in [0.25, 0.3) is 0 Å². The van der Waals surface area contributed by atoms with Crippen LogP contribution in [0.1, 0.15) is 21.6 Å². The zero-order chi connectivity index (χ0) is 18.7. The van der Waals surface area contributed by atoms with Gasteiger partial charge in [-0.25, -0.2) is 9.78 Å². The van der Waals surface area contributed by atoms with Crippen LogP contribution in [0.2, 0.25) is 0 Å². The maximum Gasteiger partial charge on any atom is 0.335 e. The number of aromatic carboxylic acids is 1. The van der Waals surface area contributed by atoms with Gasteiger partial charge >= 0.3 is 11.9 Å². The Morgan fingerprint density at radius 1 is 1.19 bits per heavy atom. The lowest BCUT2D eigenvalue weighted by atomic mass is 10.2. The Hall–Kier alpha value is -3.55. The molecule has 0 radical (unpaired) electrons. The first-order chi connectivity index (χ1) is 12.5. The monoisotopic (exact) mass is 352 g/mol. The number of nitrogens with zero attached hydrogens (tertiary/aromatic N) is 4. The molecule has 2 heterocycles. The van der Waals surface area contributed by atoms with Crippen molar-refractivity contribution in [2.45, 2.75) is 13.3 Å². The maximum absolute atomic E-state index is 11.7. The third-order valence-corrected chi connectivity index (χ3v) is 3.80. The molecule has 0 bridgehead atoms. The van der Waals surface area contributed by atoms with E-state index in [1.807, 2.05) is 19.1 Å². The second kappa shape index (κ2) is 7.14. The zero-order valence-electron chi connectivity index (χ0n) is 14.2. The molecule has 2 aromatic heterocycles. The topological polar surface area (TPSA) is 106 Å². The average molecular weight is 352 g/mol. The fourth-order valence-corrected chi connectivity index (χ4v) is 2.45. The van der Waals surface area contributed by atoms with E-state index in [0.29, 0.717) is 22.8 Å². The second-order valence-electron chi connectivity index (χ2n) is 5.57. The minimum absolute atomic E-state index is 0.0239. The number of pyridine rings is 1. The Kier molecular flexibility index (Phi) is 4.74. The van der Waals surface area contributed by atoms with Crippen molar-refractivity contribution in [1.82, 2.24) is 9.38 Å². The van der Waals surface area contributed by atoms with Gasteiger partial charge in [-0.3, -0.25) is 9.20 Å². The Morgan fingerprint density at radius 3 is 2.58 bits per heavy atom. The number of benzene rings is 1. The van der Waals surface area contributed by atoms with Gasteiger partial charge in [-0.05, 0) is 42.8 Å². The molecule has 1 N–H and O–H groups in total. The van der Waals surface area contributed by atoms with Crippen LogP contribution >= 0.6 is 0 Å². The van der Waals surface area contributed by atoms with Gasteiger partial charge in [0.05, 0.1) is 30.5 Å². The first-order valence-electron chi connectivity index (χ1n) is 7.78. The van der Waals surface area contributed by atoms with E-state index in [2.05, 4.69) is 15.2 Å². The summed E-state index contributed by atoms with van der Waals surface area (Å²) in [5, 5.41) is 17.3. The molecule has 26 heavy (non-hydrogen) atoms. The largest absolute Gasteiger partial charge is 0.478 e. The van der Waals surface area contributed by atoms with Crippen LogP contribution in [0.25, 0.3) is 5.65 Å². The lowest BCUT2D eigenvalue weighted by Crippen LogP contribution is -2.04. The molecule has 8 heteroatoms. The molecule has 0 aliphatic carbocycles. The molecule has 0 aliphatic rings. The van der Waals surface area contributed by atoms with E-state index in [9.17, 15) is 9.59 Å². The summed E-state index contributed by atoms with van der Waals surface area (Å²) in [6.07, 6.45) is 1.77. The smallest absolute Gasteiger partial charge is 0.335 e. The van der Waals surface area contributed by atoms with Crippen molar-refractivity contribution in [3.05, 3.63) is 59.4 Å². The van der Waals surface area contributed by atoms with Crippen molar-refractivity contribution >= 4 is 29.1 Å². The number of hydrogen-bond donors (Lipinski definition) is 1. The van der Waals surface area contributed by atoms with E-state index in [1.165, 1.54) is 19.2 Å². The number of azo groups is 1. The molecule has 0 fully saturated rings. The fourth-order valence-electron chi connectivity index (χ4n) is 2.45. The lowest BCUT2D eigenvalue weighted by Gasteiger charge is -2.00. The molecule has 1 aromatic carbocycles. The Morgan fingerprint density at radius 2 is 1.92 bits per heavy atom. The number of methoxy groups -OCH3 is 1. The van der Waals surface area contributed by atoms with Crippen LogP contribution in [0.3, 0.4) is 0 Å². The minimum atomic E-state index is -1.01. The summed E-state index contributed by atoms with van der Waals surface area (Å²) >= 11 is 0. The van der Waals surface area contributed by atoms with Crippen LogP contribution < -0.4 is 0 Å². The number of esters is 1. The Bertz CT molecular complexity index is 1010. The molecular weight excluding hydrogens is 336 g/mol. The van der Waals surface area contributed by atoms with Gasteiger partial charge in [-0.1, -0.05) is 6.07 Å². The third kappa shape index (κ3) is 3.44. The molecule has 8 nitrogen and oxygen atoms in total. The van der Waals surface area contributed by atoms with Crippen LogP contribution in [0.4, 0.5) is 11.5 Å². The summed E-state index contributed by atoms with van der Waals surface area (Å²) in [5.41, 5.74) is 2.73. The molecule has 0 spiro atoms. The number of carboxylic acid groups (broad SMARTS) is 1. The van der Waals surface area contributed by atoms with Crippen molar-refractivity contribution in [2.75, 3.05) is 7.11 Å². The SMILES string of the molecule is COC(=O)Cc1nc2c(C)cccn2c1N=Nc1ccc(C(=O)O)cc1. The number of carboxylic acids is 1. The summed E-state index contributed by atoms with van der Waals surface area (Å²) in [6, 6.07) is 9.78. The highest BCUT2D eigenvalue weighted by Crippen LogP contribution is 2.26. The van der Waals surface area contributed by atoms with Gasteiger partial charge in [-0.15, -0.1) is 10.2 Å². The molecule has 0 unspecified atom stereocenters. The van der Waals surface area contributed by atoms with Crippen molar-refractivity contribution in [2.24, 2.45) is 10.2 Å². The predicted molar refractivity (Wildman–Crippen MR) is 93.2 cm³/mol. The summed E-state index contributed by atoms with van der Waals surface area (Å²) in [6.45, 7) is 1.91. The number of fused-ring (bicyclic) bond motifs is 1. The number of hydrogen-bond acceptors (Lipinski definition) is 6. The number of rotatable bonds is 5. The van der Waals surface area contributed by atoms with Crippen LogP contribution in [0.15, 0.2) is 52.8 Å². The van der Waals surface area contributed by atoms with Crippen LogP contribution in [0.5, 0.6) is 0 Å². The summed E-state index contributed by atoms with van der Waals surface area (Å²) < 4.78 is 6.47. The molecule has 3 aromatic rings. The van der Waals surface area contributed by atoms with Gasteiger partial charge in [0.2, 0.25) is 0 Å². The van der Waals surface area contributed by atoms with Gasteiger partial charge in [0, 0.05) is 6.20 Å². The number of carbonyl (C=O) groups is 2. The van der Waals surface area contributed by atoms with Crippen molar-refractivity contribution in [1.29, 1.82) is 0 Å². The van der Waals surface area contributed by atoms with E-state index in [-0.39, 0.29) is 12.0 Å². The highest BCUT2D eigenvalue weighted by Gasteiger charge is 2.16. The molecule has 0 saturated heterocycles. The highest BCUT2D eigenvalue weighted by molar-refractivity contribution is 5.87. The summed E-state index contributed by atoms with van der Waals surface area (Å²) in [4.78, 5) is 27.1. The molecule has 132 valence electrons. The third-order valence-electron chi connectivity index (χ3n) is 3.80. The van der Waals surface area contributed by atoms with E-state index in [0.717, 1.165) is 5.56 Å². The van der Waals surface area contributed by atoms with Gasteiger partial charge in [0.15, 0.2) is 5.82 Å². The van der Waals surface area contributed by atoms with Crippen LogP contribution in [0, 0.1) is 6.92 Å². The summed E-state index contributed by atoms with van der Waals surface area (Å²) in [7, 11) is 1.31. The average Bonchev–Trinajstić information content (AvgIpc) is 2.98. The molecule has 0 saturated carbocycles. The lowest BCUT2D eigenvalue weighted by molar-refractivity contribution is -0.139. The molecule has 0 atom stereocenters. The number of ether oxygens (including phenoxy) is 1. The van der Waals surface area contributed by atoms with E-state index in [1.54, 1.807) is 22.7 Å². The van der Waals surface area contributed by atoms with E-state index < -0.39 is 11.9 Å². The molecular formula is C18H16N4O4. The van der Waals surface area contributed by atoms with Gasteiger partial charge < -0.3 is 9.84 Å². The van der Waals surface area contributed by atoms with Crippen molar-refractivity contribution < 1.29 is 19.4 Å². The normalized spacial score (nSPS) is 11.2. The van der Waals surface area contributed by atoms with Crippen molar-refractivity contribution in [3.63, 3.8) is 0 Å². The van der Waals surface area contributed by atoms with Gasteiger partial charge in [0.1, 0.15) is 5.65 Å². The molecule has 0 aliphatic heterocycles. The second-order valence-corrected chi connectivity index (χ2v) is 5.57. The maximum atomic E-state index is 11.7. The number of aryl methyl sites for hydroxylation is 1. The van der Waals surface area contributed by atoms with Gasteiger partial charge in [-0.2, -0.15) is 0 Å². The van der Waals surface area contributed by atoms with Crippen LogP contribution in [-0.2, 0) is 16.0 Å². The van der Waals surface area contributed by atoms with Crippen LogP contribution in [-0.4, -0.2) is 33.5 Å². The first kappa shape index (κ1) is 17.3. The number of imidazole rings is 1. The summed E-state index contributed by atoms with van der Waals surface area (Å²) in [5.74, 6) is -1.00. The first-order valence-corrected chi connectivity index (χ1v) is 7.78. The minimum Gasteiger partial charge on any atom is -0.478 e. The Labute approximate surface area is 148 Å². The number of aromatic nitrogens is 2. The van der Waals surface area contributed by atoms with E-state index in [4.69, 9.17) is 9.84 Å². The number of carbonyl (C=O) groups excluding carboxylic acids is 1. The predicted octanol–water partition coefficient (Wildman–Crippen LogP) is 3.47. The fraction of sp³-hybridized carbons (Fsp3) is 0.167. The quantitative estimate of drug-likeness (QED) is 0.559. The highest BCUT2D eigenvalue weighted by atomic mass is 16.5. The zero-order valence-corrected chi connectivity index (χ0v) is 14.2. The van der Waals surface area contributed by atoms with E-state index >= 15 is 0 Å². The Balaban J connectivity index is 2.01. The molecule has 0 amide bonds. The van der Waals surface area contributed by atoms with Crippen molar-refractivity contribution in [3.8, 4) is 0 Å².